The molecule has 1 aromatic heterocycles. The zero-order valence-corrected chi connectivity index (χ0v) is 17.1. The van der Waals surface area contributed by atoms with Crippen LogP contribution in [0.25, 0.3) is 0 Å². The molecular formula is C22H21ClN2O2S. The number of halogens is 1. The van der Waals surface area contributed by atoms with Crippen LogP contribution in [0.3, 0.4) is 0 Å². The number of hydrogen-bond donors (Lipinski definition) is 1. The molecule has 0 atom stereocenters. The number of aromatic nitrogens is 1. The van der Waals surface area contributed by atoms with Gasteiger partial charge in [-0.1, -0.05) is 47.5 Å². The molecule has 2 aromatic carbocycles. The van der Waals surface area contributed by atoms with Crippen molar-refractivity contribution in [3.8, 4) is 0 Å². The average Bonchev–Trinajstić information content (AvgIpc) is 2.70. The lowest BCUT2D eigenvalue weighted by molar-refractivity contribution is 0.0955. The summed E-state index contributed by atoms with van der Waals surface area (Å²) in [5, 5.41) is 3.50. The van der Waals surface area contributed by atoms with Crippen molar-refractivity contribution in [1.82, 2.24) is 9.88 Å². The molecule has 0 aliphatic carbocycles. The van der Waals surface area contributed by atoms with Gasteiger partial charge in [0.2, 0.25) is 0 Å². The van der Waals surface area contributed by atoms with E-state index in [-0.39, 0.29) is 11.5 Å². The third-order valence-electron chi connectivity index (χ3n) is 4.22. The third kappa shape index (κ3) is 5.50. The van der Waals surface area contributed by atoms with Gasteiger partial charge in [0.15, 0.2) is 0 Å². The predicted octanol–water partition coefficient (Wildman–Crippen LogP) is 4.38. The van der Waals surface area contributed by atoms with Gasteiger partial charge in [0.25, 0.3) is 11.5 Å². The highest BCUT2D eigenvalue weighted by molar-refractivity contribution is 7.99. The standard InChI is InChI=1S/C22H21ClN2O2S/c1-16-6-9-19(10-7-16)28-13-12-24-22(27)18-8-11-21(26)25(15-18)14-17-4-2-3-5-20(17)23/h2-11,15H,12-14H2,1H3,(H,24,27). The molecule has 144 valence electrons. The first kappa shape index (κ1) is 20.2. The second kappa shape index (κ2) is 9.62. The Kier molecular flexibility index (Phi) is 6.95. The molecule has 0 saturated carbocycles. The summed E-state index contributed by atoms with van der Waals surface area (Å²) in [5.74, 6) is 0.575. The number of thioether (sulfide) groups is 1. The van der Waals surface area contributed by atoms with Crippen molar-refractivity contribution < 1.29 is 4.79 Å². The van der Waals surface area contributed by atoms with Crippen LogP contribution < -0.4 is 10.9 Å². The van der Waals surface area contributed by atoms with Gasteiger partial charge in [0.1, 0.15) is 0 Å². The molecule has 1 amide bonds. The SMILES string of the molecule is Cc1ccc(SCCNC(=O)c2ccc(=O)n(Cc3ccccc3Cl)c2)cc1. The molecule has 3 aromatic rings. The van der Waals surface area contributed by atoms with Crippen molar-refractivity contribution in [2.75, 3.05) is 12.3 Å². The number of amides is 1. The summed E-state index contributed by atoms with van der Waals surface area (Å²) >= 11 is 7.87. The van der Waals surface area contributed by atoms with Crippen LogP contribution in [0.1, 0.15) is 21.5 Å². The van der Waals surface area contributed by atoms with Crippen molar-refractivity contribution in [2.45, 2.75) is 18.4 Å². The fourth-order valence-corrected chi connectivity index (χ4v) is 3.63. The highest BCUT2D eigenvalue weighted by atomic mass is 35.5. The lowest BCUT2D eigenvalue weighted by Gasteiger charge is -2.10. The normalized spacial score (nSPS) is 10.6. The van der Waals surface area contributed by atoms with E-state index in [9.17, 15) is 9.59 Å². The molecule has 0 aliphatic rings. The van der Waals surface area contributed by atoms with Gasteiger partial charge in [-0.15, -0.1) is 11.8 Å². The van der Waals surface area contributed by atoms with Crippen molar-refractivity contribution in [3.63, 3.8) is 0 Å². The Balaban J connectivity index is 1.58. The van der Waals surface area contributed by atoms with Crippen LogP contribution in [0, 0.1) is 6.92 Å². The van der Waals surface area contributed by atoms with Gasteiger partial charge in [0, 0.05) is 34.5 Å². The Bertz CT molecular complexity index is 1020. The van der Waals surface area contributed by atoms with E-state index >= 15 is 0 Å². The molecule has 0 radical (unpaired) electrons. The minimum absolute atomic E-state index is 0.175. The Labute approximate surface area is 173 Å². The Morgan fingerprint density at radius 2 is 1.82 bits per heavy atom. The average molecular weight is 413 g/mol. The zero-order chi connectivity index (χ0) is 19.9. The van der Waals surface area contributed by atoms with Gasteiger partial charge >= 0.3 is 0 Å². The first-order chi connectivity index (χ1) is 13.5. The van der Waals surface area contributed by atoms with E-state index in [0.29, 0.717) is 23.7 Å². The summed E-state index contributed by atoms with van der Waals surface area (Å²) < 4.78 is 1.50. The van der Waals surface area contributed by atoms with Gasteiger partial charge in [0.05, 0.1) is 12.1 Å². The molecule has 1 heterocycles. The summed E-state index contributed by atoms with van der Waals surface area (Å²) in [5.41, 5.74) is 2.33. The topological polar surface area (TPSA) is 51.1 Å². The van der Waals surface area contributed by atoms with Crippen molar-refractivity contribution in [1.29, 1.82) is 0 Å². The molecule has 0 aliphatic heterocycles. The summed E-state index contributed by atoms with van der Waals surface area (Å²) in [4.78, 5) is 25.7. The number of nitrogens with one attached hydrogen (secondary N) is 1. The number of carbonyl (C=O) groups excluding carboxylic acids is 1. The van der Waals surface area contributed by atoms with Gasteiger partial charge in [-0.25, -0.2) is 0 Å². The number of rotatable bonds is 7. The van der Waals surface area contributed by atoms with Crippen LogP contribution in [0.15, 0.2) is 76.6 Å². The molecule has 0 bridgehead atoms. The fraction of sp³-hybridized carbons (Fsp3) is 0.182. The second-order valence-electron chi connectivity index (χ2n) is 6.39. The molecule has 6 heteroatoms. The molecule has 0 saturated heterocycles. The molecule has 28 heavy (non-hydrogen) atoms. The zero-order valence-electron chi connectivity index (χ0n) is 15.5. The van der Waals surface area contributed by atoms with Crippen molar-refractivity contribution in [3.05, 3.63) is 98.9 Å². The summed E-state index contributed by atoms with van der Waals surface area (Å²) in [6, 6.07) is 18.6. The molecule has 3 rings (SSSR count). The van der Waals surface area contributed by atoms with Crippen LogP contribution in [-0.2, 0) is 6.54 Å². The van der Waals surface area contributed by atoms with Crippen LogP contribution in [0.5, 0.6) is 0 Å². The van der Waals surface area contributed by atoms with E-state index < -0.39 is 0 Å². The molecule has 0 unspecified atom stereocenters. The van der Waals surface area contributed by atoms with E-state index in [4.69, 9.17) is 11.6 Å². The van der Waals surface area contributed by atoms with E-state index in [0.717, 1.165) is 11.3 Å². The second-order valence-corrected chi connectivity index (χ2v) is 7.97. The van der Waals surface area contributed by atoms with Gasteiger partial charge in [-0.3, -0.25) is 9.59 Å². The number of nitrogens with zero attached hydrogens (tertiary/aromatic N) is 1. The summed E-state index contributed by atoms with van der Waals surface area (Å²) in [6.45, 7) is 2.92. The van der Waals surface area contributed by atoms with Gasteiger partial charge < -0.3 is 9.88 Å². The molecule has 0 spiro atoms. The number of aryl methyl sites for hydroxylation is 1. The highest BCUT2D eigenvalue weighted by Crippen LogP contribution is 2.18. The van der Waals surface area contributed by atoms with Crippen LogP contribution in [-0.4, -0.2) is 22.8 Å². The maximum absolute atomic E-state index is 12.4. The number of hydrogen-bond acceptors (Lipinski definition) is 3. The van der Waals surface area contributed by atoms with Crippen LogP contribution >= 0.6 is 23.4 Å². The molecular weight excluding hydrogens is 392 g/mol. The number of pyridine rings is 1. The molecule has 0 fully saturated rings. The Morgan fingerprint density at radius 3 is 2.57 bits per heavy atom. The first-order valence-corrected chi connectivity index (χ1v) is 10.3. The van der Waals surface area contributed by atoms with E-state index in [1.165, 1.54) is 21.1 Å². The largest absolute Gasteiger partial charge is 0.351 e. The predicted molar refractivity (Wildman–Crippen MR) is 115 cm³/mol. The quantitative estimate of drug-likeness (QED) is 0.462. The highest BCUT2D eigenvalue weighted by Gasteiger charge is 2.09. The van der Waals surface area contributed by atoms with E-state index in [1.807, 2.05) is 18.2 Å². The van der Waals surface area contributed by atoms with Crippen LogP contribution in [0.2, 0.25) is 5.02 Å². The summed E-state index contributed by atoms with van der Waals surface area (Å²) in [7, 11) is 0. The number of benzene rings is 2. The third-order valence-corrected chi connectivity index (χ3v) is 5.60. The minimum Gasteiger partial charge on any atom is -0.351 e. The lowest BCUT2D eigenvalue weighted by Crippen LogP contribution is -2.28. The van der Waals surface area contributed by atoms with Gasteiger partial charge in [-0.2, -0.15) is 0 Å². The maximum Gasteiger partial charge on any atom is 0.252 e. The van der Waals surface area contributed by atoms with E-state index in [2.05, 4.69) is 36.5 Å². The summed E-state index contributed by atoms with van der Waals surface area (Å²) in [6.07, 6.45) is 1.58. The smallest absolute Gasteiger partial charge is 0.252 e. The molecule has 1 N–H and O–H groups in total. The van der Waals surface area contributed by atoms with Crippen LogP contribution in [0.4, 0.5) is 0 Å². The fourth-order valence-electron chi connectivity index (χ4n) is 2.67. The van der Waals surface area contributed by atoms with Gasteiger partial charge in [-0.05, 0) is 36.8 Å². The Hall–Kier alpha value is -2.50. The van der Waals surface area contributed by atoms with Crippen molar-refractivity contribution >= 4 is 29.3 Å². The minimum atomic E-state index is -0.197. The monoisotopic (exact) mass is 412 g/mol. The van der Waals surface area contributed by atoms with Crippen molar-refractivity contribution in [2.24, 2.45) is 0 Å². The van der Waals surface area contributed by atoms with E-state index in [1.54, 1.807) is 30.1 Å². The number of carbonyl (C=O) groups is 1. The Morgan fingerprint density at radius 1 is 1.07 bits per heavy atom. The first-order valence-electron chi connectivity index (χ1n) is 8.94. The lowest BCUT2D eigenvalue weighted by atomic mass is 10.2. The molecule has 4 nitrogen and oxygen atoms in total. The maximum atomic E-state index is 12.4.